The average molecular weight is 569 g/mol. The zero-order valence-electron chi connectivity index (χ0n) is 24.5. The predicted octanol–water partition coefficient (Wildman–Crippen LogP) is 3.41. The third kappa shape index (κ3) is 4.65. The number of amides is 3. The van der Waals surface area contributed by atoms with Gasteiger partial charge in [0, 0.05) is 49.9 Å². The molecule has 2 bridgehead atoms. The van der Waals surface area contributed by atoms with E-state index in [4.69, 9.17) is 0 Å². The fraction of sp³-hybridized carbons (Fsp3) is 0.581. The van der Waals surface area contributed by atoms with E-state index in [-0.39, 0.29) is 42.0 Å². The van der Waals surface area contributed by atoms with E-state index in [1.807, 2.05) is 24.3 Å². The van der Waals surface area contributed by atoms with Gasteiger partial charge in [-0.25, -0.2) is 0 Å². The fourth-order valence-corrected chi connectivity index (χ4v) is 9.55. The summed E-state index contributed by atoms with van der Waals surface area (Å²) < 4.78 is -0.752. The summed E-state index contributed by atoms with van der Waals surface area (Å²) in [6, 6.07) is 6.56. The van der Waals surface area contributed by atoms with Crippen LogP contribution in [0.2, 0.25) is 0 Å². The molecule has 1 N–H and O–H groups in total. The van der Waals surface area contributed by atoms with Crippen LogP contribution in [0, 0.1) is 17.8 Å². The van der Waals surface area contributed by atoms with Crippen molar-refractivity contribution in [3.05, 3.63) is 49.6 Å². The minimum Gasteiger partial charge on any atom is -0.394 e. The highest BCUT2D eigenvalue weighted by atomic mass is 32.2. The smallest absolute Gasteiger partial charge is 0.251 e. The van der Waals surface area contributed by atoms with Gasteiger partial charge in [-0.05, 0) is 57.4 Å². The summed E-state index contributed by atoms with van der Waals surface area (Å²) in [5.41, 5.74) is 1.81. The summed E-state index contributed by atoms with van der Waals surface area (Å²) in [5.74, 6) is -1.56. The third-order valence-corrected chi connectivity index (χ3v) is 11.2. The van der Waals surface area contributed by atoms with Crippen LogP contribution in [0.4, 0.5) is 11.4 Å². The highest BCUT2D eigenvalue weighted by molar-refractivity contribution is 8.02. The van der Waals surface area contributed by atoms with Crippen LogP contribution in [-0.2, 0) is 14.4 Å². The van der Waals surface area contributed by atoms with Crippen molar-refractivity contribution in [2.45, 2.75) is 56.2 Å². The molecular formula is C31H44N4O4S. The van der Waals surface area contributed by atoms with Crippen LogP contribution in [0.1, 0.15) is 34.1 Å². The Bertz CT molecular complexity index is 1140. The van der Waals surface area contributed by atoms with E-state index in [0.29, 0.717) is 6.54 Å². The number of hydrogen-bond donors (Lipinski definition) is 1. The van der Waals surface area contributed by atoms with Crippen molar-refractivity contribution in [2.24, 2.45) is 17.8 Å². The Hall–Kier alpha value is -2.78. The molecule has 9 heteroatoms. The number of hydrogen-bond acceptors (Lipinski definition) is 6. The molecule has 3 fully saturated rings. The number of aliphatic hydroxyl groups excluding tert-OH is 1. The van der Waals surface area contributed by atoms with Crippen molar-refractivity contribution in [2.75, 3.05) is 49.6 Å². The molecule has 1 aromatic carbocycles. The van der Waals surface area contributed by atoms with Gasteiger partial charge in [-0.15, -0.1) is 24.9 Å². The molecule has 0 radical (unpaired) electrons. The first-order valence-corrected chi connectivity index (χ1v) is 15.2. The SMILES string of the molecule is C=CCN(C)C(=O)[C@@H]1[C@H]2C(=O)N([C@H](C)CO)C(C(=O)N(CC=C)c3ccc(N(CC)CC)cc3)C23S[C@@H]1CC3C. The first-order valence-electron chi connectivity index (χ1n) is 14.4. The number of anilines is 2. The second kappa shape index (κ2) is 12.0. The van der Waals surface area contributed by atoms with Gasteiger partial charge in [-0.1, -0.05) is 19.1 Å². The average Bonchev–Trinajstić information content (AvgIpc) is 3.55. The number of carbonyl (C=O) groups excluding carboxylic acids is 3. The third-order valence-electron chi connectivity index (χ3n) is 9.09. The van der Waals surface area contributed by atoms with Gasteiger partial charge in [0.25, 0.3) is 5.91 Å². The molecule has 3 heterocycles. The van der Waals surface area contributed by atoms with Crippen molar-refractivity contribution in [1.82, 2.24) is 9.80 Å². The van der Waals surface area contributed by atoms with E-state index in [1.54, 1.807) is 52.6 Å². The lowest BCUT2D eigenvalue weighted by molar-refractivity contribution is -0.144. The molecule has 0 aliphatic carbocycles. The number of nitrogens with zero attached hydrogens (tertiary/aromatic N) is 4. The van der Waals surface area contributed by atoms with Crippen molar-refractivity contribution in [1.29, 1.82) is 0 Å². The molecule has 0 saturated carbocycles. The number of likely N-dealkylation sites (N-methyl/N-ethyl adjacent to an activating group) is 1. The second-order valence-electron chi connectivity index (χ2n) is 11.3. The van der Waals surface area contributed by atoms with Crippen molar-refractivity contribution < 1.29 is 19.5 Å². The van der Waals surface area contributed by atoms with Gasteiger partial charge in [0.15, 0.2) is 0 Å². The van der Waals surface area contributed by atoms with E-state index in [0.717, 1.165) is 30.9 Å². The lowest BCUT2D eigenvalue weighted by Gasteiger charge is -2.41. The Morgan fingerprint density at radius 3 is 2.27 bits per heavy atom. The quantitative estimate of drug-likeness (QED) is 0.389. The maximum absolute atomic E-state index is 14.7. The van der Waals surface area contributed by atoms with Gasteiger partial charge in [0.1, 0.15) is 6.04 Å². The number of fused-ring (bicyclic) bond motifs is 1. The van der Waals surface area contributed by atoms with Crippen LogP contribution < -0.4 is 9.80 Å². The molecule has 40 heavy (non-hydrogen) atoms. The van der Waals surface area contributed by atoms with Crippen LogP contribution in [0.3, 0.4) is 0 Å². The molecule has 3 aliphatic rings. The van der Waals surface area contributed by atoms with Crippen LogP contribution in [0.5, 0.6) is 0 Å². The van der Waals surface area contributed by atoms with E-state index >= 15 is 0 Å². The Labute approximate surface area is 243 Å². The molecule has 1 spiro atoms. The molecule has 4 rings (SSSR count). The number of benzene rings is 1. The van der Waals surface area contributed by atoms with Gasteiger partial charge in [-0.3, -0.25) is 14.4 Å². The van der Waals surface area contributed by atoms with Crippen LogP contribution in [-0.4, -0.2) is 94.5 Å². The molecule has 3 saturated heterocycles. The summed E-state index contributed by atoms with van der Waals surface area (Å²) in [7, 11) is 1.74. The van der Waals surface area contributed by atoms with Gasteiger partial charge >= 0.3 is 0 Å². The van der Waals surface area contributed by atoms with Gasteiger partial charge < -0.3 is 24.7 Å². The maximum Gasteiger partial charge on any atom is 0.251 e. The highest BCUT2D eigenvalue weighted by Crippen LogP contribution is 2.69. The number of carbonyl (C=O) groups is 3. The van der Waals surface area contributed by atoms with Gasteiger partial charge in [0.05, 0.1) is 29.2 Å². The van der Waals surface area contributed by atoms with Crippen molar-refractivity contribution in [3.63, 3.8) is 0 Å². The van der Waals surface area contributed by atoms with Crippen molar-refractivity contribution in [3.8, 4) is 0 Å². The Kier molecular flexibility index (Phi) is 9.05. The van der Waals surface area contributed by atoms with E-state index in [2.05, 4.69) is 38.8 Å². The highest BCUT2D eigenvalue weighted by Gasteiger charge is 2.76. The summed E-state index contributed by atoms with van der Waals surface area (Å²) in [5, 5.41) is 10.2. The lowest BCUT2D eigenvalue weighted by atomic mass is 9.65. The molecular weight excluding hydrogens is 524 g/mol. The van der Waals surface area contributed by atoms with Gasteiger partial charge in [-0.2, -0.15) is 0 Å². The van der Waals surface area contributed by atoms with Crippen LogP contribution >= 0.6 is 11.8 Å². The topological polar surface area (TPSA) is 84.4 Å². The van der Waals surface area contributed by atoms with Gasteiger partial charge in [0.2, 0.25) is 11.8 Å². The van der Waals surface area contributed by atoms with Crippen LogP contribution in [0.15, 0.2) is 49.6 Å². The Morgan fingerprint density at radius 2 is 1.73 bits per heavy atom. The Morgan fingerprint density at radius 1 is 1.12 bits per heavy atom. The van der Waals surface area contributed by atoms with Crippen molar-refractivity contribution >= 4 is 40.9 Å². The minimum atomic E-state index is -0.804. The van der Waals surface area contributed by atoms with Crippen LogP contribution in [0.25, 0.3) is 0 Å². The molecule has 1 aromatic rings. The predicted molar refractivity (Wildman–Crippen MR) is 162 cm³/mol. The van der Waals surface area contributed by atoms with E-state index < -0.39 is 28.7 Å². The largest absolute Gasteiger partial charge is 0.394 e. The standard InChI is InChI=1S/C31H44N4O4S/c1-8-16-32(7)28(37)25-24-18-20(5)31(40-24)26(25)29(38)35(21(6)19-36)27(31)30(39)34(17-9-2)23-14-12-22(13-15-23)33(10-3)11-4/h8-9,12-15,20-21,24-27,36H,1-2,10-11,16-19H2,3-7H3/t20?,21-,24-,25+,26+,27?,31?/m1/s1. The number of aliphatic hydroxyl groups is 1. The normalized spacial score (nSPS) is 29.2. The van der Waals surface area contributed by atoms with E-state index in [9.17, 15) is 19.5 Å². The van der Waals surface area contributed by atoms with E-state index in [1.165, 1.54) is 0 Å². The summed E-state index contributed by atoms with van der Waals surface area (Å²) in [4.78, 5) is 49.8. The molecule has 3 amide bonds. The Balaban J connectivity index is 1.78. The molecule has 218 valence electrons. The second-order valence-corrected chi connectivity index (χ2v) is 12.8. The minimum absolute atomic E-state index is 0.0354. The maximum atomic E-state index is 14.7. The molecule has 3 aliphatic heterocycles. The summed E-state index contributed by atoms with van der Waals surface area (Å²) >= 11 is 1.65. The number of thioether (sulfide) groups is 1. The number of likely N-dealkylation sites (tertiary alicyclic amines) is 1. The molecule has 3 unspecified atom stereocenters. The fourth-order valence-electron chi connectivity index (χ4n) is 7.15. The zero-order valence-corrected chi connectivity index (χ0v) is 25.3. The lowest BCUT2D eigenvalue weighted by Crippen LogP contribution is -2.59. The zero-order chi connectivity index (χ0) is 29.4. The molecule has 8 nitrogen and oxygen atoms in total. The number of rotatable bonds is 12. The monoisotopic (exact) mass is 568 g/mol. The first kappa shape index (κ1) is 30.2. The molecule has 0 aromatic heterocycles. The molecule has 7 atom stereocenters. The summed E-state index contributed by atoms with van der Waals surface area (Å²) in [6.45, 7) is 17.9. The summed E-state index contributed by atoms with van der Waals surface area (Å²) in [6.07, 6.45) is 4.14. The first-order chi connectivity index (χ1) is 19.1.